The molecule has 2 unspecified atom stereocenters. The summed E-state index contributed by atoms with van der Waals surface area (Å²) in [4.78, 5) is 22.1. The Kier molecular flexibility index (Phi) is 4.83. The van der Waals surface area contributed by atoms with E-state index in [1.54, 1.807) is 25.1 Å². The van der Waals surface area contributed by atoms with Gasteiger partial charge in [0, 0.05) is 6.42 Å². The second-order valence-corrected chi connectivity index (χ2v) is 4.25. The standard InChI is InChI=1S/C13H16FNO3/c1-8(10-5-3-4-6-11(10)14)7-12(16)15-9(2)13(17)18/h3-6,8-9H,7H2,1-2H3,(H,15,16)(H,17,18). The lowest BCUT2D eigenvalue weighted by Crippen LogP contribution is -2.38. The highest BCUT2D eigenvalue weighted by molar-refractivity contribution is 5.83. The van der Waals surface area contributed by atoms with Gasteiger partial charge in [-0.25, -0.2) is 4.39 Å². The molecular weight excluding hydrogens is 237 g/mol. The molecule has 1 amide bonds. The summed E-state index contributed by atoms with van der Waals surface area (Å²) < 4.78 is 13.5. The van der Waals surface area contributed by atoms with Gasteiger partial charge in [-0.15, -0.1) is 0 Å². The summed E-state index contributed by atoms with van der Waals surface area (Å²) in [6.07, 6.45) is 0.0541. The van der Waals surface area contributed by atoms with Crippen LogP contribution in [0.4, 0.5) is 4.39 Å². The van der Waals surface area contributed by atoms with E-state index in [4.69, 9.17) is 5.11 Å². The molecule has 0 aliphatic rings. The lowest BCUT2D eigenvalue weighted by atomic mass is 9.97. The average Bonchev–Trinajstić information content (AvgIpc) is 2.28. The van der Waals surface area contributed by atoms with Crippen LogP contribution < -0.4 is 5.32 Å². The molecular formula is C13H16FNO3. The first-order valence-corrected chi connectivity index (χ1v) is 5.68. The summed E-state index contributed by atoms with van der Waals surface area (Å²) >= 11 is 0. The van der Waals surface area contributed by atoms with Gasteiger partial charge >= 0.3 is 5.97 Å². The van der Waals surface area contributed by atoms with E-state index >= 15 is 0 Å². The Morgan fingerprint density at radius 2 is 1.94 bits per heavy atom. The topological polar surface area (TPSA) is 66.4 Å². The van der Waals surface area contributed by atoms with Crippen molar-refractivity contribution < 1.29 is 19.1 Å². The van der Waals surface area contributed by atoms with Crippen molar-refractivity contribution in [2.24, 2.45) is 0 Å². The highest BCUT2D eigenvalue weighted by Crippen LogP contribution is 2.21. The molecule has 2 N–H and O–H groups in total. The predicted octanol–water partition coefficient (Wildman–Crippen LogP) is 1.91. The Bertz CT molecular complexity index is 448. The number of hydrogen-bond acceptors (Lipinski definition) is 2. The Labute approximate surface area is 105 Å². The van der Waals surface area contributed by atoms with E-state index in [9.17, 15) is 14.0 Å². The van der Waals surface area contributed by atoms with Gasteiger partial charge in [0.1, 0.15) is 11.9 Å². The van der Waals surface area contributed by atoms with Crippen LogP contribution in [0, 0.1) is 5.82 Å². The zero-order chi connectivity index (χ0) is 13.7. The van der Waals surface area contributed by atoms with E-state index in [1.165, 1.54) is 13.0 Å². The zero-order valence-corrected chi connectivity index (χ0v) is 10.3. The molecule has 0 aromatic heterocycles. The number of carboxylic acids is 1. The minimum Gasteiger partial charge on any atom is -0.480 e. The van der Waals surface area contributed by atoms with E-state index in [2.05, 4.69) is 5.32 Å². The molecule has 0 radical (unpaired) electrons. The van der Waals surface area contributed by atoms with Gasteiger partial charge in [-0.05, 0) is 24.5 Å². The predicted molar refractivity (Wildman–Crippen MR) is 64.7 cm³/mol. The summed E-state index contributed by atoms with van der Waals surface area (Å²) in [6, 6.07) is 5.30. The van der Waals surface area contributed by atoms with Crippen molar-refractivity contribution in [2.75, 3.05) is 0 Å². The summed E-state index contributed by atoms with van der Waals surface area (Å²) in [5.41, 5.74) is 0.454. The van der Waals surface area contributed by atoms with Gasteiger partial charge in [0.15, 0.2) is 0 Å². The number of carbonyl (C=O) groups is 2. The molecule has 0 spiro atoms. The maximum Gasteiger partial charge on any atom is 0.325 e. The van der Waals surface area contributed by atoms with Crippen LogP contribution >= 0.6 is 0 Å². The SMILES string of the molecule is CC(NC(=O)CC(C)c1ccccc1F)C(=O)O. The normalized spacial score (nSPS) is 13.7. The first-order chi connectivity index (χ1) is 8.41. The Balaban J connectivity index is 2.60. The van der Waals surface area contributed by atoms with Crippen LogP contribution in [0.25, 0.3) is 0 Å². The van der Waals surface area contributed by atoms with Crippen LogP contribution in [-0.4, -0.2) is 23.0 Å². The molecule has 0 heterocycles. The molecule has 18 heavy (non-hydrogen) atoms. The fourth-order valence-corrected chi connectivity index (χ4v) is 1.62. The first-order valence-electron chi connectivity index (χ1n) is 5.68. The summed E-state index contributed by atoms with van der Waals surface area (Å²) in [6.45, 7) is 3.11. The molecule has 1 aromatic rings. The van der Waals surface area contributed by atoms with Crippen molar-refractivity contribution in [1.82, 2.24) is 5.32 Å². The van der Waals surface area contributed by atoms with E-state index < -0.39 is 17.9 Å². The van der Waals surface area contributed by atoms with E-state index in [1.807, 2.05) is 0 Å². The number of hydrogen-bond donors (Lipinski definition) is 2. The maximum absolute atomic E-state index is 13.5. The quantitative estimate of drug-likeness (QED) is 0.842. The number of rotatable bonds is 5. The highest BCUT2D eigenvalue weighted by atomic mass is 19.1. The fraction of sp³-hybridized carbons (Fsp3) is 0.385. The van der Waals surface area contributed by atoms with Crippen molar-refractivity contribution in [3.8, 4) is 0 Å². The molecule has 0 fully saturated rings. The molecule has 5 heteroatoms. The number of aliphatic carboxylic acids is 1. The lowest BCUT2D eigenvalue weighted by molar-refractivity contribution is -0.141. The minimum atomic E-state index is -1.10. The van der Waals surface area contributed by atoms with Crippen LogP contribution in [-0.2, 0) is 9.59 Å². The number of carboxylic acid groups (broad SMARTS) is 1. The third kappa shape index (κ3) is 3.84. The Morgan fingerprint density at radius 1 is 1.33 bits per heavy atom. The molecule has 0 bridgehead atoms. The lowest BCUT2D eigenvalue weighted by Gasteiger charge is -2.14. The molecule has 0 saturated heterocycles. The Hall–Kier alpha value is -1.91. The third-order valence-corrected chi connectivity index (χ3v) is 2.68. The van der Waals surface area contributed by atoms with Crippen LogP contribution in [0.2, 0.25) is 0 Å². The second kappa shape index (κ2) is 6.14. The Morgan fingerprint density at radius 3 is 2.50 bits per heavy atom. The third-order valence-electron chi connectivity index (χ3n) is 2.68. The van der Waals surface area contributed by atoms with Gasteiger partial charge in [-0.2, -0.15) is 0 Å². The van der Waals surface area contributed by atoms with Crippen LogP contribution in [0.3, 0.4) is 0 Å². The number of nitrogens with one attached hydrogen (secondary N) is 1. The van der Waals surface area contributed by atoms with Gasteiger partial charge in [-0.3, -0.25) is 9.59 Å². The van der Waals surface area contributed by atoms with Gasteiger partial charge < -0.3 is 10.4 Å². The summed E-state index contributed by atoms with van der Waals surface area (Å²) in [5, 5.41) is 11.0. The molecule has 0 aliphatic heterocycles. The average molecular weight is 253 g/mol. The summed E-state index contributed by atoms with van der Waals surface area (Å²) in [7, 11) is 0. The minimum absolute atomic E-state index is 0.0541. The van der Waals surface area contributed by atoms with Crippen molar-refractivity contribution in [3.05, 3.63) is 35.6 Å². The van der Waals surface area contributed by atoms with Crippen molar-refractivity contribution in [3.63, 3.8) is 0 Å². The number of benzene rings is 1. The second-order valence-electron chi connectivity index (χ2n) is 4.25. The summed E-state index contributed by atoms with van der Waals surface area (Å²) in [5.74, 6) is -2.15. The van der Waals surface area contributed by atoms with E-state index in [0.717, 1.165) is 0 Å². The molecule has 2 atom stereocenters. The zero-order valence-electron chi connectivity index (χ0n) is 10.3. The van der Waals surface area contributed by atoms with Crippen molar-refractivity contribution in [1.29, 1.82) is 0 Å². The molecule has 1 rings (SSSR count). The number of amides is 1. The van der Waals surface area contributed by atoms with Crippen molar-refractivity contribution >= 4 is 11.9 Å². The van der Waals surface area contributed by atoms with Gasteiger partial charge in [0.2, 0.25) is 5.91 Å². The monoisotopic (exact) mass is 253 g/mol. The largest absolute Gasteiger partial charge is 0.480 e. The highest BCUT2D eigenvalue weighted by Gasteiger charge is 2.18. The number of halogens is 1. The molecule has 0 saturated carbocycles. The van der Waals surface area contributed by atoms with Gasteiger partial charge in [-0.1, -0.05) is 25.1 Å². The maximum atomic E-state index is 13.5. The van der Waals surface area contributed by atoms with E-state index in [0.29, 0.717) is 5.56 Å². The first kappa shape index (κ1) is 14.2. The smallest absolute Gasteiger partial charge is 0.325 e. The van der Waals surface area contributed by atoms with Gasteiger partial charge in [0.05, 0.1) is 0 Å². The molecule has 1 aromatic carbocycles. The van der Waals surface area contributed by atoms with Crippen molar-refractivity contribution in [2.45, 2.75) is 32.2 Å². The van der Waals surface area contributed by atoms with Crippen LogP contribution in [0.15, 0.2) is 24.3 Å². The molecule has 4 nitrogen and oxygen atoms in total. The fourth-order valence-electron chi connectivity index (χ4n) is 1.62. The van der Waals surface area contributed by atoms with Crippen LogP contribution in [0.1, 0.15) is 31.7 Å². The van der Waals surface area contributed by atoms with Gasteiger partial charge in [0.25, 0.3) is 0 Å². The number of carbonyl (C=O) groups excluding carboxylic acids is 1. The molecule has 98 valence electrons. The molecule has 0 aliphatic carbocycles. The van der Waals surface area contributed by atoms with E-state index in [-0.39, 0.29) is 18.2 Å². The van der Waals surface area contributed by atoms with Crippen LogP contribution in [0.5, 0.6) is 0 Å².